The van der Waals surface area contributed by atoms with Crippen LogP contribution >= 0.6 is 0 Å². The van der Waals surface area contributed by atoms with Crippen molar-refractivity contribution in [3.63, 3.8) is 0 Å². The van der Waals surface area contributed by atoms with Crippen molar-refractivity contribution in [2.75, 3.05) is 24.4 Å². The van der Waals surface area contributed by atoms with Gasteiger partial charge in [-0.3, -0.25) is 19.0 Å². The standard InChI is InChI=1S/C23H24N4O5/c1-4-32-18-8-5-16(6-9-18)19-12-23(30)27(14-24-19)13-22(29)26-20-11-17(25-15(2)28)7-10-21(20)31-3/h5-12,14H,4,13H2,1-3H3,(H,25,28)(H,26,29). The molecule has 0 saturated heterocycles. The molecule has 3 rings (SSSR count). The number of amides is 2. The number of ether oxygens (including phenoxy) is 2. The van der Waals surface area contributed by atoms with E-state index in [0.717, 1.165) is 11.3 Å². The second-order valence-corrected chi connectivity index (χ2v) is 6.84. The summed E-state index contributed by atoms with van der Waals surface area (Å²) in [6, 6.07) is 13.5. The molecule has 166 valence electrons. The molecule has 0 aliphatic carbocycles. The molecule has 0 aliphatic rings. The molecule has 0 fully saturated rings. The second-order valence-electron chi connectivity index (χ2n) is 6.84. The minimum atomic E-state index is -0.444. The highest BCUT2D eigenvalue weighted by molar-refractivity contribution is 5.94. The molecule has 0 saturated carbocycles. The van der Waals surface area contributed by atoms with E-state index >= 15 is 0 Å². The van der Waals surface area contributed by atoms with E-state index in [1.165, 1.54) is 31.0 Å². The first kappa shape index (κ1) is 22.5. The van der Waals surface area contributed by atoms with Gasteiger partial charge in [0.05, 0.1) is 31.4 Å². The van der Waals surface area contributed by atoms with Gasteiger partial charge in [-0.2, -0.15) is 0 Å². The normalized spacial score (nSPS) is 10.3. The molecule has 2 N–H and O–H groups in total. The van der Waals surface area contributed by atoms with Gasteiger partial charge in [0.25, 0.3) is 5.56 Å². The number of nitrogens with zero attached hydrogens (tertiary/aromatic N) is 2. The quantitative estimate of drug-likeness (QED) is 0.562. The molecule has 0 unspecified atom stereocenters. The average Bonchev–Trinajstić information content (AvgIpc) is 2.76. The van der Waals surface area contributed by atoms with Gasteiger partial charge in [0.2, 0.25) is 11.8 Å². The Kier molecular flexibility index (Phi) is 7.22. The van der Waals surface area contributed by atoms with Crippen molar-refractivity contribution < 1.29 is 19.1 Å². The van der Waals surface area contributed by atoms with Crippen LogP contribution in [0.4, 0.5) is 11.4 Å². The van der Waals surface area contributed by atoms with Crippen LogP contribution in [-0.2, 0) is 16.1 Å². The van der Waals surface area contributed by atoms with Crippen molar-refractivity contribution >= 4 is 23.2 Å². The van der Waals surface area contributed by atoms with Crippen molar-refractivity contribution in [1.29, 1.82) is 0 Å². The fourth-order valence-electron chi connectivity index (χ4n) is 3.02. The Morgan fingerprint density at radius 2 is 1.81 bits per heavy atom. The lowest BCUT2D eigenvalue weighted by molar-refractivity contribution is -0.117. The Bertz CT molecular complexity index is 1170. The predicted molar refractivity (Wildman–Crippen MR) is 121 cm³/mol. The van der Waals surface area contributed by atoms with Crippen molar-refractivity contribution in [2.45, 2.75) is 20.4 Å². The molecule has 9 heteroatoms. The van der Waals surface area contributed by atoms with Crippen LogP contribution in [0.1, 0.15) is 13.8 Å². The summed E-state index contributed by atoms with van der Waals surface area (Å²) in [6.45, 7) is 3.63. The smallest absolute Gasteiger partial charge is 0.254 e. The summed E-state index contributed by atoms with van der Waals surface area (Å²) in [4.78, 5) is 40.6. The molecule has 0 radical (unpaired) electrons. The van der Waals surface area contributed by atoms with Crippen LogP contribution in [-0.4, -0.2) is 35.1 Å². The van der Waals surface area contributed by atoms with Gasteiger partial charge in [-0.15, -0.1) is 0 Å². The molecule has 0 aliphatic heterocycles. The molecule has 0 bridgehead atoms. The number of anilines is 2. The van der Waals surface area contributed by atoms with E-state index in [4.69, 9.17) is 9.47 Å². The van der Waals surface area contributed by atoms with Crippen LogP contribution in [0, 0.1) is 0 Å². The van der Waals surface area contributed by atoms with E-state index < -0.39 is 5.91 Å². The van der Waals surface area contributed by atoms with E-state index in [2.05, 4.69) is 15.6 Å². The van der Waals surface area contributed by atoms with Crippen molar-refractivity contribution in [1.82, 2.24) is 9.55 Å². The number of aromatic nitrogens is 2. The lowest BCUT2D eigenvalue weighted by atomic mass is 10.1. The van der Waals surface area contributed by atoms with Crippen LogP contribution in [0.5, 0.6) is 11.5 Å². The lowest BCUT2D eigenvalue weighted by Gasteiger charge is -2.13. The number of methoxy groups -OCH3 is 1. The van der Waals surface area contributed by atoms with Gasteiger partial charge in [0.1, 0.15) is 18.0 Å². The number of benzene rings is 2. The summed E-state index contributed by atoms with van der Waals surface area (Å²) >= 11 is 0. The number of hydrogen-bond acceptors (Lipinski definition) is 6. The molecule has 0 spiro atoms. The fourth-order valence-corrected chi connectivity index (χ4v) is 3.02. The van der Waals surface area contributed by atoms with E-state index in [-0.39, 0.29) is 18.0 Å². The molecule has 0 atom stereocenters. The summed E-state index contributed by atoms with van der Waals surface area (Å²) in [5, 5.41) is 5.34. The van der Waals surface area contributed by atoms with E-state index in [1.54, 1.807) is 18.2 Å². The predicted octanol–water partition coefficient (Wildman–Crippen LogP) is 2.91. The van der Waals surface area contributed by atoms with E-state index in [1.807, 2.05) is 31.2 Å². The number of hydrogen-bond donors (Lipinski definition) is 2. The third-order valence-electron chi connectivity index (χ3n) is 4.45. The number of carbonyl (C=O) groups is 2. The third-order valence-corrected chi connectivity index (χ3v) is 4.45. The van der Waals surface area contributed by atoms with Gasteiger partial charge in [-0.1, -0.05) is 0 Å². The highest BCUT2D eigenvalue weighted by Crippen LogP contribution is 2.28. The molecule has 3 aromatic rings. The zero-order valence-corrected chi connectivity index (χ0v) is 18.0. The maximum Gasteiger partial charge on any atom is 0.254 e. The topological polar surface area (TPSA) is 112 Å². The number of rotatable bonds is 8. The molecular formula is C23H24N4O5. The molecule has 1 aromatic heterocycles. The maximum atomic E-state index is 12.5. The SMILES string of the molecule is CCOc1ccc(-c2cc(=O)n(CC(=O)Nc3cc(NC(C)=O)ccc3OC)cn2)cc1. The first-order valence-electron chi connectivity index (χ1n) is 9.94. The summed E-state index contributed by atoms with van der Waals surface area (Å²) < 4.78 is 11.9. The zero-order chi connectivity index (χ0) is 23.1. The molecular weight excluding hydrogens is 412 g/mol. The summed E-state index contributed by atoms with van der Waals surface area (Å²) in [5.41, 5.74) is 1.78. The Morgan fingerprint density at radius 1 is 1.06 bits per heavy atom. The van der Waals surface area contributed by atoms with Crippen molar-refractivity contribution in [3.05, 3.63) is 65.2 Å². The lowest BCUT2D eigenvalue weighted by Crippen LogP contribution is -2.27. The zero-order valence-electron chi connectivity index (χ0n) is 18.0. The van der Waals surface area contributed by atoms with Crippen LogP contribution in [0.25, 0.3) is 11.3 Å². The van der Waals surface area contributed by atoms with E-state index in [9.17, 15) is 14.4 Å². The van der Waals surface area contributed by atoms with Gasteiger partial charge < -0.3 is 20.1 Å². The highest BCUT2D eigenvalue weighted by Gasteiger charge is 2.12. The summed E-state index contributed by atoms with van der Waals surface area (Å²) in [7, 11) is 1.47. The first-order valence-corrected chi connectivity index (χ1v) is 9.94. The van der Waals surface area contributed by atoms with Crippen molar-refractivity contribution in [2.24, 2.45) is 0 Å². The molecule has 9 nitrogen and oxygen atoms in total. The molecule has 2 aromatic carbocycles. The van der Waals surface area contributed by atoms with Crippen molar-refractivity contribution in [3.8, 4) is 22.8 Å². The van der Waals surface area contributed by atoms with E-state index in [0.29, 0.717) is 29.4 Å². The molecule has 32 heavy (non-hydrogen) atoms. The minimum absolute atomic E-state index is 0.233. The van der Waals surface area contributed by atoms with Crippen LogP contribution in [0.3, 0.4) is 0 Å². The minimum Gasteiger partial charge on any atom is -0.495 e. The Hall–Kier alpha value is -4.14. The average molecular weight is 436 g/mol. The van der Waals surface area contributed by atoms with Crippen LogP contribution in [0.2, 0.25) is 0 Å². The maximum absolute atomic E-state index is 12.5. The Labute approximate surface area is 185 Å². The van der Waals surface area contributed by atoms with Gasteiger partial charge in [-0.05, 0) is 49.4 Å². The summed E-state index contributed by atoms with van der Waals surface area (Å²) in [6.07, 6.45) is 1.33. The molecule has 1 heterocycles. The highest BCUT2D eigenvalue weighted by atomic mass is 16.5. The van der Waals surface area contributed by atoms with Crippen LogP contribution in [0.15, 0.2) is 59.7 Å². The third kappa shape index (κ3) is 5.72. The Morgan fingerprint density at radius 3 is 2.44 bits per heavy atom. The first-order chi connectivity index (χ1) is 15.4. The fraction of sp³-hybridized carbons (Fsp3) is 0.217. The number of nitrogens with one attached hydrogen (secondary N) is 2. The largest absolute Gasteiger partial charge is 0.495 e. The Balaban J connectivity index is 1.73. The second kappa shape index (κ2) is 10.3. The molecule has 2 amide bonds. The van der Waals surface area contributed by atoms with Gasteiger partial charge in [0, 0.05) is 24.2 Å². The van der Waals surface area contributed by atoms with Gasteiger partial charge in [-0.25, -0.2) is 4.98 Å². The summed E-state index contributed by atoms with van der Waals surface area (Å²) in [5.74, 6) is 0.474. The number of carbonyl (C=O) groups excluding carboxylic acids is 2. The van der Waals surface area contributed by atoms with Gasteiger partial charge in [0.15, 0.2) is 0 Å². The monoisotopic (exact) mass is 436 g/mol. The van der Waals surface area contributed by atoms with Gasteiger partial charge >= 0.3 is 0 Å². The van der Waals surface area contributed by atoms with Crippen LogP contribution < -0.4 is 25.7 Å².